The zero-order valence-corrected chi connectivity index (χ0v) is 11.0. The second kappa shape index (κ2) is 8.84. The van der Waals surface area contributed by atoms with Crippen molar-refractivity contribution >= 4 is 12.1 Å². The molecule has 17 heavy (non-hydrogen) atoms. The summed E-state index contributed by atoms with van der Waals surface area (Å²) in [4.78, 5) is 22.8. The molecule has 0 aromatic rings. The maximum atomic E-state index is 11.7. The van der Waals surface area contributed by atoms with E-state index in [1.54, 1.807) is 20.8 Å². The summed E-state index contributed by atoms with van der Waals surface area (Å²) < 4.78 is 14.6. The number of hydrogen-bond donors (Lipinski definition) is 0. The number of carbonyl (C=O) groups excluding carboxylic acids is 2. The smallest absolute Gasteiger partial charge is 0.466 e. The fourth-order valence-corrected chi connectivity index (χ4v) is 1.49. The topological polar surface area (TPSA) is 61.8 Å². The Morgan fingerprint density at radius 1 is 1.06 bits per heavy atom. The fourth-order valence-electron chi connectivity index (χ4n) is 1.49. The van der Waals surface area contributed by atoms with Crippen LogP contribution in [0.1, 0.15) is 40.5 Å². The molecule has 0 amide bonds. The zero-order valence-electron chi connectivity index (χ0n) is 11.0. The Balaban J connectivity index is 4.37. The van der Waals surface area contributed by atoms with Crippen LogP contribution in [0.15, 0.2) is 0 Å². The summed E-state index contributed by atoms with van der Waals surface area (Å²) in [5, 5.41) is 0. The van der Waals surface area contributed by atoms with Crippen LogP contribution in [-0.4, -0.2) is 31.4 Å². The number of esters is 1. The Morgan fingerprint density at radius 3 is 2.12 bits per heavy atom. The summed E-state index contributed by atoms with van der Waals surface area (Å²) in [5.41, 5.74) is 0. The van der Waals surface area contributed by atoms with Crippen LogP contribution in [-0.2, 0) is 19.0 Å². The van der Waals surface area contributed by atoms with Gasteiger partial charge in [0.25, 0.3) is 0 Å². The molecule has 0 fully saturated rings. The SMILES string of the molecule is CCC[C@H](C(=O)OCC)[C@@H](C)OC(=O)OCC. The van der Waals surface area contributed by atoms with Crippen LogP contribution in [0.2, 0.25) is 0 Å². The minimum atomic E-state index is -0.745. The van der Waals surface area contributed by atoms with Gasteiger partial charge in [-0.25, -0.2) is 4.79 Å². The van der Waals surface area contributed by atoms with Crippen molar-refractivity contribution in [2.24, 2.45) is 5.92 Å². The molecular weight excluding hydrogens is 224 g/mol. The van der Waals surface area contributed by atoms with Gasteiger partial charge in [0.2, 0.25) is 0 Å². The van der Waals surface area contributed by atoms with E-state index >= 15 is 0 Å². The van der Waals surface area contributed by atoms with E-state index in [2.05, 4.69) is 4.74 Å². The van der Waals surface area contributed by atoms with Crippen molar-refractivity contribution in [1.29, 1.82) is 0 Å². The second-order valence-corrected chi connectivity index (χ2v) is 3.65. The quantitative estimate of drug-likeness (QED) is 0.646. The van der Waals surface area contributed by atoms with Crippen LogP contribution < -0.4 is 0 Å². The molecule has 5 heteroatoms. The van der Waals surface area contributed by atoms with Crippen LogP contribution in [0.4, 0.5) is 4.79 Å². The van der Waals surface area contributed by atoms with Crippen molar-refractivity contribution in [2.75, 3.05) is 13.2 Å². The van der Waals surface area contributed by atoms with E-state index in [1.165, 1.54) is 0 Å². The molecule has 100 valence electrons. The molecule has 0 aromatic heterocycles. The highest BCUT2D eigenvalue weighted by molar-refractivity contribution is 5.73. The molecule has 0 aliphatic carbocycles. The molecule has 0 radical (unpaired) electrons. The van der Waals surface area contributed by atoms with Gasteiger partial charge in [0, 0.05) is 0 Å². The number of carbonyl (C=O) groups is 2. The normalized spacial score (nSPS) is 13.6. The lowest BCUT2D eigenvalue weighted by Crippen LogP contribution is -2.32. The minimum Gasteiger partial charge on any atom is -0.466 e. The predicted octanol–water partition coefficient (Wildman–Crippen LogP) is 2.53. The van der Waals surface area contributed by atoms with E-state index in [0.717, 1.165) is 6.42 Å². The molecule has 0 rings (SSSR count). The van der Waals surface area contributed by atoms with E-state index in [9.17, 15) is 9.59 Å². The van der Waals surface area contributed by atoms with E-state index in [-0.39, 0.29) is 12.6 Å². The summed E-state index contributed by atoms with van der Waals surface area (Å²) in [6.45, 7) is 7.66. The molecular formula is C12H22O5. The van der Waals surface area contributed by atoms with Crippen molar-refractivity contribution in [2.45, 2.75) is 46.6 Å². The Labute approximate surface area is 102 Å². The molecule has 0 spiro atoms. The van der Waals surface area contributed by atoms with Crippen LogP contribution in [0.5, 0.6) is 0 Å². The van der Waals surface area contributed by atoms with Gasteiger partial charge >= 0.3 is 12.1 Å². The Hall–Kier alpha value is -1.26. The van der Waals surface area contributed by atoms with Crippen molar-refractivity contribution in [3.05, 3.63) is 0 Å². The van der Waals surface area contributed by atoms with E-state index < -0.39 is 18.2 Å². The first-order valence-corrected chi connectivity index (χ1v) is 6.06. The molecule has 0 bridgehead atoms. The Kier molecular flexibility index (Phi) is 8.19. The van der Waals surface area contributed by atoms with Gasteiger partial charge < -0.3 is 14.2 Å². The predicted molar refractivity (Wildman–Crippen MR) is 62.6 cm³/mol. The van der Waals surface area contributed by atoms with Gasteiger partial charge in [-0.1, -0.05) is 13.3 Å². The van der Waals surface area contributed by atoms with Gasteiger partial charge in [0.15, 0.2) is 0 Å². The highest BCUT2D eigenvalue weighted by atomic mass is 16.7. The average Bonchev–Trinajstić information content (AvgIpc) is 2.26. The lowest BCUT2D eigenvalue weighted by Gasteiger charge is -2.21. The van der Waals surface area contributed by atoms with Gasteiger partial charge in [-0.05, 0) is 27.2 Å². The maximum absolute atomic E-state index is 11.7. The molecule has 5 nitrogen and oxygen atoms in total. The molecule has 0 aliphatic rings. The number of rotatable bonds is 7. The molecule has 0 N–H and O–H groups in total. The standard InChI is InChI=1S/C12H22O5/c1-5-8-10(11(13)15-6-2)9(4)17-12(14)16-7-3/h9-10H,5-8H2,1-4H3/t9-,10+/m1/s1. The molecule has 0 aliphatic heterocycles. The molecule has 0 saturated carbocycles. The minimum absolute atomic E-state index is 0.253. The zero-order chi connectivity index (χ0) is 13.3. The third-order valence-electron chi connectivity index (χ3n) is 2.30. The highest BCUT2D eigenvalue weighted by Gasteiger charge is 2.28. The summed E-state index contributed by atoms with van der Waals surface area (Å²) >= 11 is 0. The van der Waals surface area contributed by atoms with Crippen molar-refractivity contribution < 1.29 is 23.8 Å². The van der Waals surface area contributed by atoms with Crippen LogP contribution in [0.25, 0.3) is 0 Å². The first-order valence-electron chi connectivity index (χ1n) is 6.06. The third kappa shape index (κ3) is 6.14. The lowest BCUT2D eigenvalue weighted by atomic mass is 9.98. The second-order valence-electron chi connectivity index (χ2n) is 3.65. The third-order valence-corrected chi connectivity index (χ3v) is 2.30. The highest BCUT2D eigenvalue weighted by Crippen LogP contribution is 2.17. The monoisotopic (exact) mass is 246 g/mol. The summed E-state index contributed by atoms with van der Waals surface area (Å²) in [6, 6.07) is 0. The summed E-state index contributed by atoms with van der Waals surface area (Å²) in [7, 11) is 0. The van der Waals surface area contributed by atoms with E-state index in [1.807, 2.05) is 6.92 Å². The van der Waals surface area contributed by atoms with Gasteiger partial charge in [-0.3, -0.25) is 4.79 Å². The molecule has 0 saturated heterocycles. The molecule has 0 unspecified atom stereocenters. The number of ether oxygens (including phenoxy) is 3. The largest absolute Gasteiger partial charge is 0.508 e. The first kappa shape index (κ1) is 15.7. The van der Waals surface area contributed by atoms with Crippen LogP contribution in [0.3, 0.4) is 0 Å². The summed E-state index contributed by atoms with van der Waals surface area (Å²) in [6.07, 6.45) is 0.165. The summed E-state index contributed by atoms with van der Waals surface area (Å²) in [5.74, 6) is -0.754. The van der Waals surface area contributed by atoms with Crippen LogP contribution >= 0.6 is 0 Å². The maximum Gasteiger partial charge on any atom is 0.508 e. The number of hydrogen-bond acceptors (Lipinski definition) is 5. The molecule has 0 aromatic carbocycles. The van der Waals surface area contributed by atoms with Crippen molar-refractivity contribution in [1.82, 2.24) is 0 Å². The van der Waals surface area contributed by atoms with Gasteiger partial charge in [-0.15, -0.1) is 0 Å². The van der Waals surface area contributed by atoms with E-state index in [4.69, 9.17) is 9.47 Å². The Morgan fingerprint density at radius 2 is 1.65 bits per heavy atom. The van der Waals surface area contributed by atoms with Crippen LogP contribution in [0, 0.1) is 5.92 Å². The lowest BCUT2D eigenvalue weighted by molar-refractivity contribution is -0.152. The van der Waals surface area contributed by atoms with Gasteiger partial charge in [0.1, 0.15) is 6.10 Å². The Bertz CT molecular complexity index is 239. The van der Waals surface area contributed by atoms with E-state index in [0.29, 0.717) is 13.0 Å². The molecule has 2 atom stereocenters. The molecule has 0 heterocycles. The average molecular weight is 246 g/mol. The first-order chi connectivity index (χ1) is 8.06. The van der Waals surface area contributed by atoms with Gasteiger partial charge in [-0.2, -0.15) is 0 Å². The van der Waals surface area contributed by atoms with Crippen molar-refractivity contribution in [3.8, 4) is 0 Å². The van der Waals surface area contributed by atoms with Crippen molar-refractivity contribution in [3.63, 3.8) is 0 Å². The van der Waals surface area contributed by atoms with Gasteiger partial charge in [0.05, 0.1) is 19.1 Å². The fraction of sp³-hybridized carbons (Fsp3) is 0.833.